The van der Waals surface area contributed by atoms with Gasteiger partial charge in [0.2, 0.25) is 5.91 Å². The van der Waals surface area contributed by atoms with Crippen LogP contribution in [0.4, 0.5) is 0 Å². The van der Waals surface area contributed by atoms with Crippen LogP contribution in [0.3, 0.4) is 0 Å². The number of nitrogens with one attached hydrogen (secondary N) is 1. The average Bonchev–Trinajstić information content (AvgIpc) is 2.66. The highest BCUT2D eigenvalue weighted by Gasteiger charge is 2.13. The fraction of sp³-hybridized carbons (Fsp3) is 0.429. The molecule has 0 unspecified atom stereocenters. The molecule has 19 heavy (non-hydrogen) atoms. The van der Waals surface area contributed by atoms with Gasteiger partial charge in [-0.1, -0.05) is 6.07 Å². The van der Waals surface area contributed by atoms with Gasteiger partial charge in [0.25, 0.3) is 0 Å². The van der Waals surface area contributed by atoms with Gasteiger partial charge in [-0.3, -0.25) is 4.79 Å². The van der Waals surface area contributed by atoms with Gasteiger partial charge in [-0.25, -0.2) is 4.98 Å². The number of carbonyl (C=O) groups is 1. The third kappa shape index (κ3) is 3.07. The van der Waals surface area contributed by atoms with Crippen LogP contribution in [0.2, 0.25) is 0 Å². The van der Waals surface area contributed by atoms with E-state index in [4.69, 9.17) is 11.6 Å². The van der Waals surface area contributed by atoms with Crippen LogP contribution in [0, 0.1) is 6.92 Å². The van der Waals surface area contributed by atoms with Gasteiger partial charge in [0, 0.05) is 6.04 Å². The number of fused-ring (bicyclic) bond motifs is 1. The highest BCUT2D eigenvalue weighted by molar-refractivity contribution is 6.16. The molecule has 2 rings (SSSR count). The molecule has 5 heteroatoms. The van der Waals surface area contributed by atoms with Crippen LogP contribution in [0.15, 0.2) is 18.2 Å². The lowest BCUT2D eigenvalue weighted by Crippen LogP contribution is -2.33. The maximum atomic E-state index is 11.9. The van der Waals surface area contributed by atoms with Crippen molar-refractivity contribution in [1.29, 1.82) is 0 Å². The molecular formula is C14H18ClN3O. The monoisotopic (exact) mass is 279 g/mol. The third-order valence-electron chi connectivity index (χ3n) is 2.85. The Kier molecular flexibility index (Phi) is 4.10. The summed E-state index contributed by atoms with van der Waals surface area (Å²) in [4.78, 5) is 16.4. The van der Waals surface area contributed by atoms with E-state index in [0.717, 1.165) is 22.4 Å². The molecule has 1 amide bonds. The molecule has 0 aliphatic carbocycles. The van der Waals surface area contributed by atoms with Gasteiger partial charge >= 0.3 is 0 Å². The summed E-state index contributed by atoms with van der Waals surface area (Å²) >= 11 is 5.92. The van der Waals surface area contributed by atoms with Gasteiger partial charge in [-0.05, 0) is 38.5 Å². The van der Waals surface area contributed by atoms with Crippen molar-refractivity contribution >= 4 is 28.5 Å². The van der Waals surface area contributed by atoms with Crippen LogP contribution in [0.1, 0.15) is 25.2 Å². The zero-order valence-electron chi connectivity index (χ0n) is 11.4. The van der Waals surface area contributed by atoms with Crippen molar-refractivity contribution in [3.8, 4) is 0 Å². The number of hydrogen-bond acceptors (Lipinski definition) is 2. The van der Waals surface area contributed by atoms with Gasteiger partial charge in [-0.15, -0.1) is 11.6 Å². The molecule has 0 saturated heterocycles. The molecule has 0 atom stereocenters. The molecule has 2 aromatic rings. The standard InChI is InChI=1S/C14H18ClN3O/c1-9(2)16-14(19)8-18-12-6-10(3)4-5-11(12)17-13(18)7-15/h4-6,9H,7-8H2,1-3H3,(H,16,19). The molecule has 0 spiro atoms. The minimum atomic E-state index is -0.0258. The molecular weight excluding hydrogens is 262 g/mol. The van der Waals surface area contributed by atoms with Crippen LogP contribution < -0.4 is 5.32 Å². The Morgan fingerprint density at radius 2 is 2.21 bits per heavy atom. The lowest BCUT2D eigenvalue weighted by molar-refractivity contribution is -0.122. The topological polar surface area (TPSA) is 46.9 Å². The van der Waals surface area contributed by atoms with Crippen molar-refractivity contribution in [2.24, 2.45) is 0 Å². The van der Waals surface area contributed by atoms with Crippen molar-refractivity contribution in [2.45, 2.75) is 39.2 Å². The van der Waals surface area contributed by atoms with Crippen LogP contribution in [-0.2, 0) is 17.2 Å². The molecule has 0 saturated carbocycles. The Bertz CT molecular complexity index is 604. The van der Waals surface area contributed by atoms with E-state index < -0.39 is 0 Å². The van der Waals surface area contributed by atoms with Crippen molar-refractivity contribution < 1.29 is 4.79 Å². The largest absolute Gasteiger partial charge is 0.352 e. The minimum Gasteiger partial charge on any atom is -0.352 e. The number of aromatic nitrogens is 2. The second-order valence-corrected chi connectivity index (χ2v) is 5.23. The van der Waals surface area contributed by atoms with Crippen LogP contribution in [-0.4, -0.2) is 21.5 Å². The number of benzene rings is 1. The third-order valence-corrected chi connectivity index (χ3v) is 3.09. The first-order valence-electron chi connectivity index (χ1n) is 6.32. The van der Waals surface area contributed by atoms with E-state index in [2.05, 4.69) is 10.3 Å². The van der Waals surface area contributed by atoms with E-state index in [1.165, 1.54) is 0 Å². The zero-order valence-corrected chi connectivity index (χ0v) is 12.2. The van der Waals surface area contributed by atoms with E-state index in [1.807, 2.05) is 43.5 Å². The Morgan fingerprint density at radius 1 is 1.47 bits per heavy atom. The molecule has 1 N–H and O–H groups in total. The summed E-state index contributed by atoms with van der Waals surface area (Å²) in [6.45, 7) is 6.15. The molecule has 0 aliphatic heterocycles. The van der Waals surface area contributed by atoms with E-state index in [0.29, 0.717) is 5.88 Å². The first kappa shape index (κ1) is 13.9. The molecule has 0 aliphatic rings. The lowest BCUT2D eigenvalue weighted by atomic mass is 10.2. The molecule has 1 aromatic heterocycles. The Hall–Kier alpha value is -1.55. The second-order valence-electron chi connectivity index (χ2n) is 4.96. The molecule has 4 nitrogen and oxygen atoms in total. The summed E-state index contributed by atoms with van der Waals surface area (Å²) in [6, 6.07) is 6.12. The summed E-state index contributed by atoms with van der Waals surface area (Å²) in [7, 11) is 0. The molecule has 1 heterocycles. The Morgan fingerprint density at radius 3 is 2.84 bits per heavy atom. The van der Waals surface area contributed by atoms with Crippen LogP contribution in [0.5, 0.6) is 0 Å². The predicted molar refractivity (Wildman–Crippen MR) is 77.3 cm³/mol. The smallest absolute Gasteiger partial charge is 0.240 e. The summed E-state index contributed by atoms with van der Waals surface area (Å²) in [6.07, 6.45) is 0. The number of amides is 1. The maximum Gasteiger partial charge on any atom is 0.240 e. The number of rotatable bonds is 4. The SMILES string of the molecule is Cc1ccc2nc(CCl)n(CC(=O)NC(C)C)c2c1. The second kappa shape index (κ2) is 5.61. The molecule has 0 bridgehead atoms. The average molecular weight is 280 g/mol. The van der Waals surface area contributed by atoms with Gasteiger partial charge in [0.15, 0.2) is 0 Å². The van der Waals surface area contributed by atoms with Crippen molar-refractivity contribution in [1.82, 2.24) is 14.9 Å². The first-order chi connectivity index (χ1) is 9.01. The van der Waals surface area contributed by atoms with Gasteiger partial charge in [0.1, 0.15) is 12.4 Å². The predicted octanol–water partition coefficient (Wildman–Crippen LogP) is 2.61. The first-order valence-corrected chi connectivity index (χ1v) is 6.86. The van der Waals surface area contributed by atoms with Gasteiger partial charge < -0.3 is 9.88 Å². The molecule has 0 radical (unpaired) electrons. The van der Waals surface area contributed by atoms with E-state index >= 15 is 0 Å². The molecule has 1 aromatic carbocycles. The van der Waals surface area contributed by atoms with Gasteiger partial charge in [-0.2, -0.15) is 0 Å². The number of nitrogens with zero attached hydrogens (tertiary/aromatic N) is 2. The fourth-order valence-corrected chi connectivity index (χ4v) is 2.28. The number of halogens is 1. The number of alkyl halides is 1. The fourth-order valence-electron chi connectivity index (χ4n) is 2.07. The number of aryl methyl sites for hydroxylation is 1. The summed E-state index contributed by atoms with van der Waals surface area (Å²) in [5, 5.41) is 2.88. The number of imidazole rings is 1. The molecule has 0 fully saturated rings. The van der Waals surface area contributed by atoms with Crippen molar-refractivity contribution in [3.05, 3.63) is 29.6 Å². The zero-order chi connectivity index (χ0) is 14.0. The van der Waals surface area contributed by atoms with Crippen molar-refractivity contribution in [2.75, 3.05) is 0 Å². The number of carbonyl (C=O) groups excluding carboxylic acids is 1. The highest BCUT2D eigenvalue weighted by atomic mass is 35.5. The summed E-state index contributed by atoms with van der Waals surface area (Å²) < 4.78 is 1.88. The Labute approximate surface area is 117 Å². The normalized spacial score (nSPS) is 11.2. The highest BCUT2D eigenvalue weighted by Crippen LogP contribution is 2.19. The van der Waals surface area contributed by atoms with Crippen LogP contribution in [0.25, 0.3) is 11.0 Å². The molecule has 102 valence electrons. The van der Waals surface area contributed by atoms with E-state index in [9.17, 15) is 4.79 Å². The van der Waals surface area contributed by atoms with Gasteiger partial charge in [0.05, 0.1) is 16.9 Å². The Balaban J connectivity index is 2.39. The van der Waals surface area contributed by atoms with Crippen LogP contribution >= 0.6 is 11.6 Å². The minimum absolute atomic E-state index is 0.0258. The van der Waals surface area contributed by atoms with E-state index in [1.54, 1.807) is 0 Å². The summed E-state index contributed by atoms with van der Waals surface area (Å²) in [5.74, 6) is 0.992. The quantitative estimate of drug-likeness (QED) is 0.875. The lowest BCUT2D eigenvalue weighted by Gasteiger charge is -2.11. The van der Waals surface area contributed by atoms with Crippen molar-refractivity contribution in [3.63, 3.8) is 0 Å². The summed E-state index contributed by atoms with van der Waals surface area (Å²) in [5.41, 5.74) is 2.96. The number of hydrogen-bond donors (Lipinski definition) is 1. The maximum absolute atomic E-state index is 11.9. The van der Waals surface area contributed by atoms with E-state index in [-0.39, 0.29) is 18.5 Å².